The summed E-state index contributed by atoms with van der Waals surface area (Å²) in [6.45, 7) is 8.20. The molecule has 0 aromatic heterocycles. The molecule has 0 aliphatic carbocycles. The monoisotopic (exact) mass is 272 g/mol. The Morgan fingerprint density at radius 3 is 2.84 bits per heavy atom. The second kappa shape index (κ2) is 5.26. The maximum absolute atomic E-state index is 12.0. The number of hydrogen-bond acceptors (Lipinski definition) is 5. The van der Waals surface area contributed by atoms with E-state index in [2.05, 4.69) is 0 Å². The van der Waals surface area contributed by atoms with E-state index >= 15 is 0 Å². The molecule has 2 N–H and O–H groups in total. The number of ether oxygens (including phenoxy) is 3. The van der Waals surface area contributed by atoms with Crippen LogP contribution < -0.4 is 5.73 Å². The van der Waals surface area contributed by atoms with Gasteiger partial charge >= 0.3 is 6.09 Å². The van der Waals surface area contributed by atoms with E-state index in [9.17, 15) is 4.79 Å². The van der Waals surface area contributed by atoms with E-state index in [0.717, 1.165) is 6.42 Å². The molecule has 2 unspecified atom stereocenters. The number of carbonyl (C=O) groups is 1. The lowest BCUT2D eigenvalue weighted by molar-refractivity contribution is -0.0613. The van der Waals surface area contributed by atoms with Gasteiger partial charge in [-0.1, -0.05) is 0 Å². The van der Waals surface area contributed by atoms with Crippen LogP contribution in [0.5, 0.6) is 0 Å². The Morgan fingerprint density at radius 2 is 2.16 bits per heavy atom. The first-order valence-electron chi connectivity index (χ1n) is 6.75. The number of rotatable bonds is 0. The van der Waals surface area contributed by atoms with E-state index in [1.165, 1.54) is 0 Å². The Kier molecular flexibility index (Phi) is 4.03. The van der Waals surface area contributed by atoms with Gasteiger partial charge in [0.05, 0.1) is 32.4 Å². The molecule has 2 atom stereocenters. The van der Waals surface area contributed by atoms with Crippen LogP contribution in [0.3, 0.4) is 0 Å². The first-order chi connectivity index (χ1) is 8.80. The van der Waals surface area contributed by atoms with Crippen LogP contribution in [0.4, 0.5) is 4.79 Å². The molecular weight excluding hydrogens is 248 g/mol. The third-order valence-electron chi connectivity index (χ3n) is 3.27. The molecule has 19 heavy (non-hydrogen) atoms. The minimum absolute atomic E-state index is 0.0880. The SMILES string of the molecule is CC(C)(C)OC(=O)N1CCC2(COCC(N)CO2)C1. The van der Waals surface area contributed by atoms with Gasteiger partial charge in [0.2, 0.25) is 0 Å². The van der Waals surface area contributed by atoms with Gasteiger partial charge in [-0.3, -0.25) is 0 Å². The van der Waals surface area contributed by atoms with Crippen LogP contribution in [0.25, 0.3) is 0 Å². The summed E-state index contributed by atoms with van der Waals surface area (Å²) >= 11 is 0. The molecule has 2 saturated heterocycles. The van der Waals surface area contributed by atoms with Crippen molar-refractivity contribution in [1.82, 2.24) is 4.90 Å². The minimum atomic E-state index is -0.476. The minimum Gasteiger partial charge on any atom is -0.444 e. The molecule has 0 saturated carbocycles. The molecule has 110 valence electrons. The van der Waals surface area contributed by atoms with E-state index in [1.807, 2.05) is 20.8 Å². The summed E-state index contributed by atoms with van der Waals surface area (Å²) in [6.07, 6.45) is 0.473. The predicted octanol–water partition coefficient (Wildman–Crippen LogP) is 0.740. The van der Waals surface area contributed by atoms with Gasteiger partial charge in [0.15, 0.2) is 0 Å². The van der Waals surface area contributed by atoms with Crippen molar-refractivity contribution in [3.63, 3.8) is 0 Å². The highest BCUT2D eigenvalue weighted by atomic mass is 16.6. The summed E-state index contributed by atoms with van der Waals surface area (Å²) in [5, 5.41) is 0. The van der Waals surface area contributed by atoms with Crippen molar-refractivity contribution in [2.75, 3.05) is 32.9 Å². The number of amides is 1. The molecule has 6 heteroatoms. The van der Waals surface area contributed by atoms with Crippen LogP contribution in [-0.2, 0) is 14.2 Å². The molecule has 2 aliphatic heterocycles. The molecule has 2 aliphatic rings. The lowest BCUT2D eigenvalue weighted by Gasteiger charge is -2.28. The maximum atomic E-state index is 12.0. The topological polar surface area (TPSA) is 74.0 Å². The summed E-state index contributed by atoms with van der Waals surface area (Å²) in [6, 6.07) is -0.0880. The van der Waals surface area contributed by atoms with Crippen molar-refractivity contribution < 1.29 is 19.0 Å². The Bertz CT molecular complexity index is 342. The highest BCUT2D eigenvalue weighted by molar-refractivity contribution is 5.68. The van der Waals surface area contributed by atoms with Crippen LogP contribution >= 0.6 is 0 Å². The van der Waals surface area contributed by atoms with Crippen LogP contribution in [-0.4, -0.2) is 61.1 Å². The summed E-state index contributed by atoms with van der Waals surface area (Å²) in [5.74, 6) is 0. The van der Waals surface area contributed by atoms with Crippen molar-refractivity contribution in [2.45, 2.75) is 44.4 Å². The maximum Gasteiger partial charge on any atom is 0.410 e. The van der Waals surface area contributed by atoms with E-state index in [4.69, 9.17) is 19.9 Å². The van der Waals surface area contributed by atoms with Crippen molar-refractivity contribution in [3.8, 4) is 0 Å². The fourth-order valence-corrected chi connectivity index (χ4v) is 2.33. The number of carbonyl (C=O) groups excluding carboxylic acids is 1. The number of likely N-dealkylation sites (tertiary alicyclic amines) is 1. The normalized spacial score (nSPS) is 32.4. The van der Waals surface area contributed by atoms with E-state index < -0.39 is 11.2 Å². The Labute approximate surface area is 114 Å². The van der Waals surface area contributed by atoms with Gasteiger partial charge in [0.25, 0.3) is 0 Å². The zero-order chi connectivity index (χ0) is 14.1. The molecule has 0 aromatic rings. The molecule has 1 spiro atoms. The quantitative estimate of drug-likeness (QED) is 0.704. The average Bonchev–Trinajstić information content (AvgIpc) is 2.60. The predicted molar refractivity (Wildman–Crippen MR) is 69.9 cm³/mol. The lowest BCUT2D eigenvalue weighted by atomic mass is 10.1. The zero-order valence-electron chi connectivity index (χ0n) is 12.0. The van der Waals surface area contributed by atoms with Crippen LogP contribution in [0.2, 0.25) is 0 Å². The molecule has 0 radical (unpaired) electrons. The van der Waals surface area contributed by atoms with Crippen LogP contribution in [0, 0.1) is 0 Å². The lowest BCUT2D eigenvalue weighted by Crippen LogP contribution is -2.43. The second-order valence-corrected chi connectivity index (χ2v) is 6.42. The third kappa shape index (κ3) is 3.81. The van der Waals surface area contributed by atoms with Crippen LogP contribution in [0.15, 0.2) is 0 Å². The van der Waals surface area contributed by atoms with Crippen LogP contribution in [0.1, 0.15) is 27.2 Å². The fraction of sp³-hybridized carbons (Fsp3) is 0.923. The van der Waals surface area contributed by atoms with Crippen molar-refractivity contribution in [1.29, 1.82) is 0 Å². The molecular formula is C13H24N2O4. The van der Waals surface area contributed by atoms with Gasteiger partial charge in [0, 0.05) is 6.54 Å². The van der Waals surface area contributed by atoms with Gasteiger partial charge in [-0.15, -0.1) is 0 Å². The standard InChI is InChI=1S/C13H24N2O4/c1-12(2,3)19-11(16)15-5-4-13(8-15)9-17-6-10(14)7-18-13/h10H,4-9,14H2,1-3H3. The Balaban J connectivity index is 1.93. The zero-order valence-corrected chi connectivity index (χ0v) is 12.0. The summed E-state index contributed by atoms with van der Waals surface area (Å²) < 4.78 is 16.8. The second-order valence-electron chi connectivity index (χ2n) is 6.42. The van der Waals surface area contributed by atoms with Gasteiger partial charge in [-0.2, -0.15) is 0 Å². The van der Waals surface area contributed by atoms with Gasteiger partial charge in [0.1, 0.15) is 11.2 Å². The molecule has 0 aromatic carbocycles. The first kappa shape index (κ1) is 14.6. The van der Waals surface area contributed by atoms with E-state index in [1.54, 1.807) is 4.90 Å². The molecule has 2 rings (SSSR count). The molecule has 0 bridgehead atoms. The molecule has 6 nitrogen and oxygen atoms in total. The van der Waals surface area contributed by atoms with Crippen molar-refractivity contribution >= 4 is 6.09 Å². The summed E-state index contributed by atoms with van der Waals surface area (Å²) in [7, 11) is 0. The summed E-state index contributed by atoms with van der Waals surface area (Å²) in [5.41, 5.74) is 4.92. The number of hydrogen-bond donors (Lipinski definition) is 1. The van der Waals surface area contributed by atoms with Gasteiger partial charge in [-0.05, 0) is 27.2 Å². The summed E-state index contributed by atoms with van der Waals surface area (Å²) in [4.78, 5) is 13.7. The first-order valence-corrected chi connectivity index (χ1v) is 6.75. The van der Waals surface area contributed by atoms with Crippen molar-refractivity contribution in [2.24, 2.45) is 5.73 Å². The Morgan fingerprint density at radius 1 is 1.42 bits per heavy atom. The van der Waals surface area contributed by atoms with Gasteiger partial charge in [-0.25, -0.2) is 4.79 Å². The smallest absolute Gasteiger partial charge is 0.410 e. The van der Waals surface area contributed by atoms with Gasteiger partial charge < -0.3 is 24.8 Å². The van der Waals surface area contributed by atoms with E-state index in [0.29, 0.717) is 32.9 Å². The third-order valence-corrected chi connectivity index (χ3v) is 3.27. The molecule has 2 fully saturated rings. The number of nitrogens with zero attached hydrogens (tertiary/aromatic N) is 1. The highest BCUT2D eigenvalue weighted by Gasteiger charge is 2.43. The Hall–Kier alpha value is -0.850. The van der Waals surface area contributed by atoms with Crippen molar-refractivity contribution in [3.05, 3.63) is 0 Å². The molecule has 1 amide bonds. The highest BCUT2D eigenvalue weighted by Crippen LogP contribution is 2.28. The largest absolute Gasteiger partial charge is 0.444 e. The number of nitrogens with two attached hydrogens (primary N) is 1. The average molecular weight is 272 g/mol. The fourth-order valence-electron chi connectivity index (χ4n) is 2.33. The molecule has 2 heterocycles. The van der Waals surface area contributed by atoms with E-state index in [-0.39, 0.29) is 12.1 Å².